The molecule has 6 heteroatoms. The second-order valence-electron chi connectivity index (χ2n) is 6.58. The average Bonchev–Trinajstić information content (AvgIpc) is 3.16. The lowest BCUT2D eigenvalue weighted by Gasteiger charge is -2.17. The van der Waals surface area contributed by atoms with Crippen molar-refractivity contribution in [1.82, 2.24) is 15.4 Å². The zero-order valence-corrected chi connectivity index (χ0v) is 15.0. The number of hydrogen-bond donors (Lipinski definition) is 1. The number of ether oxygens (including phenoxy) is 1. The Bertz CT molecular complexity index is 722. The Balaban J connectivity index is 1.52. The van der Waals surface area contributed by atoms with Crippen LogP contribution >= 0.6 is 0 Å². The molecule has 0 saturated carbocycles. The van der Waals surface area contributed by atoms with Gasteiger partial charge in [-0.3, -0.25) is 9.69 Å². The van der Waals surface area contributed by atoms with Gasteiger partial charge in [-0.2, -0.15) is 0 Å². The third-order valence-corrected chi connectivity index (χ3v) is 4.74. The molecule has 0 spiro atoms. The van der Waals surface area contributed by atoms with Crippen molar-refractivity contribution in [2.75, 3.05) is 20.2 Å². The summed E-state index contributed by atoms with van der Waals surface area (Å²) in [6.07, 6.45) is 1.30. The van der Waals surface area contributed by atoms with Crippen LogP contribution in [0.15, 0.2) is 28.8 Å². The van der Waals surface area contributed by atoms with Gasteiger partial charge < -0.3 is 14.6 Å². The van der Waals surface area contributed by atoms with Crippen LogP contribution in [0.3, 0.4) is 0 Å². The zero-order valence-electron chi connectivity index (χ0n) is 15.0. The largest absolute Gasteiger partial charge is 0.496 e. The molecule has 1 atom stereocenters. The molecular formula is C19H25N3O3. The normalized spacial score (nSPS) is 17.6. The summed E-state index contributed by atoms with van der Waals surface area (Å²) < 4.78 is 10.5. The Labute approximate surface area is 148 Å². The van der Waals surface area contributed by atoms with Gasteiger partial charge in [0.1, 0.15) is 11.5 Å². The lowest BCUT2D eigenvalue weighted by molar-refractivity contribution is -0.121. The van der Waals surface area contributed by atoms with E-state index in [1.165, 1.54) is 0 Å². The number of nitrogens with one attached hydrogen (secondary N) is 1. The molecule has 1 aromatic heterocycles. The van der Waals surface area contributed by atoms with E-state index in [2.05, 4.69) is 15.4 Å². The van der Waals surface area contributed by atoms with Crippen LogP contribution in [0, 0.1) is 13.8 Å². The van der Waals surface area contributed by atoms with Crippen LogP contribution in [-0.2, 0) is 17.8 Å². The van der Waals surface area contributed by atoms with Gasteiger partial charge in [0.2, 0.25) is 5.91 Å². The quantitative estimate of drug-likeness (QED) is 0.871. The molecule has 2 heterocycles. The van der Waals surface area contributed by atoms with Crippen molar-refractivity contribution in [3.63, 3.8) is 0 Å². The highest BCUT2D eigenvalue weighted by Gasteiger charge is 2.25. The van der Waals surface area contributed by atoms with Crippen LogP contribution in [0.5, 0.6) is 5.75 Å². The van der Waals surface area contributed by atoms with Gasteiger partial charge >= 0.3 is 0 Å². The van der Waals surface area contributed by atoms with Gasteiger partial charge in [-0.05, 0) is 26.3 Å². The van der Waals surface area contributed by atoms with Crippen molar-refractivity contribution in [2.24, 2.45) is 0 Å². The number of carbonyl (C=O) groups is 1. The zero-order chi connectivity index (χ0) is 17.8. The van der Waals surface area contributed by atoms with Crippen LogP contribution < -0.4 is 10.1 Å². The number of rotatable bonds is 6. The Morgan fingerprint density at radius 1 is 1.40 bits per heavy atom. The first-order valence-corrected chi connectivity index (χ1v) is 8.62. The molecule has 1 unspecified atom stereocenters. The minimum absolute atomic E-state index is 0.0358. The van der Waals surface area contributed by atoms with Gasteiger partial charge in [-0.15, -0.1) is 0 Å². The van der Waals surface area contributed by atoms with Crippen molar-refractivity contribution in [3.8, 4) is 5.75 Å². The molecule has 1 aromatic carbocycles. The van der Waals surface area contributed by atoms with Gasteiger partial charge in [-0.25, -0.2) is 0 Å². The Hall–Kier alpha value is -2.34. The predicted molar refractivity (Wildman–Crippen MR) is 94.5 cm³/mol. The number of para-hydroxylation sites is 1. The van der Waals surface area contributed by atoms with E-state index in [9.17, 15) is 4.79 Å². The van der Waals surface area contributed by atoms with Crippen LogP contribution in [0.2, 0.25) is 0 Å². The third-order valence-electron chi connectivity index (χ3n) is 4.74. The molecule has 1 fully saturated rings. The molecule has 0 bridgehead atoms. The minimum Gasteiger partial charge on any atom is -0.496 e. The van der Waals surface area contributed by atoms with Crippen molar-refractivity contribution in [3.05, 3.63) is 46.8 Å². The summed E-state index contributed by atoms with van der Waals surface area (Å²) in [7, 11) is 1.63. The molecular weight excluding hydrogens is 318 g/mol. The Morgan fingerprint density at radius 2 is 2.20 bits per heavy atom. The number of methoxy groups -OCH3 is 1. The highest BCUT2D eigenvalue weighted by Crippen LogP contribution is 2.20. The first-order chi connectivity index (χ1) is 12.1. The highest BCUT2D eigenvalue weighted by atomic mass is 16.5. The summed E-state index contributed by atoms with van der Waals surface area (Å²) in [4.78, 5) is 14.7. The Kier molecular flexibility index (Phi) is 5.38. The topological polar surface area (TPSA) is 67.6 Å². The molecule has 0 radical (unpaired) electrons. The van der Waals surface area contributed by atoms with Gasteiger partial charge in [0.15, 0.2) is 0 Å². The average molecular weight is 343 g/mol. The molecule has 1 saturated heterocycles. The molecule has 1 aliphatic rings. The van der Waals surface area contributed by atoms with Crippen molar-refractivity contribution >= 4 is 5.91 Å². The Morgan fingerprint density at radius 3 is 2.92 bits per heavy atom. The SMILES string of the molecule is COc1ccccc1CC(=O)NC1CCN(Cc2c(C)noc2C)C1. The number of carbonyl (C=O) groups excluding carboxylic acids is 1. The van der Waals surface area contributed by atoms with Gasteiger partial charge in [-0.1, -0.05) is 23.4 Å². The van der Waals surface area contributed by atoms with Crippen LogP contribution in [0.1, 0.15) is 29.0 Å². The van der Waals surface area contributed by atoms with E-state index in [-0.39, 0.29) is 11.9 Å². The van der Waals surface area contributed by atoms with Gasteiger partial charge in [0, 0.05) is 36.8 Å². The van der Waals surface area contributed by atoms with E-state index in [4.69, 9.17) is 9.26 Å². The predicted octanol–water partition coefficient (Wildman–Crippen LogP) is 2.23. The van der Waals surface area contributed by atoms with Crippen molar-refractivity contribution < 1.29 is 14.1 Å². The lowest BCUT2D eigenvalue weighted by atomic mass is 10.1. The molecule has 1 amide bonds. The number of hydrogen-bond acceptors (Lipinski definition) is 5. The summed E-state index contributed by atoms with van der Waals surface area (Å²) in [6.45, 7) is 6.54. The maximum absolute atomic E-state index is 12.4. The third kappa shape index (κ3) is 4.20. The van der Waals surface area contributed by atoms with E-state index < -0.39 is 0 Å². The fourth-order valence-corrected chi connectivity index (χ4v) is 3.35. The molecule has 6 nitrogen and oxygen atoms in total. The van der Waals surface area contributed by atoms with Gasteiger partial charge in [0.05, 0.1) is 19.2 Å². The molecule has 3 rings (SSSR count). The number of benzene rings is 1. The van der Waals surface area contributed by atoms with E-state index in [1.54, 1.807) is 7.11 Å². The van der Waals surface area contributed by atoms with E-state index in [1.807, 2.05) is 38.1 Å². The van der Waals surface area contributed by atoms with E-state index >= 15 is 0 Å². The molecule has 0 aliphatic carbocycles. The lowest BCUT2D eigenvalue weighted by Crippen LogP contribution is -2.37. The first-order valence-electron chi connectivity index (χ1n) is 8.62. The number of aromatic nitrogens is 1. The number of likely N-dealkylation sites (tertiary alicyclic amines) is 1. The van der Waals surface area contributed by atoms with Crippen molar-refractivity contribution in [2.45, 2.75) is 39.3 Å². The second-order valence-corrected chi connectivity index (χ2v) is 6.58. The van der Waals surface area contributed by atoms with E-state index in [0.29, 0.717) is 6.42 Å². The van der Waals surface area contributed by atoms with E-state index in [0.717, 1.165) is 54.4 Å². The monoisotopic (exact) mass is 343 g/mol. The molecule has 134 valence electrons. The second kappa shape index (κ2) is 7.70. The molecule has 1 aliphatic heterocycles. The molecule has 25 heavy (non-hydrogen) atoms. The number of aryl methyl sites for hydroxylation is 2. The van der Waals surface area contributed by atoms with Crippen LogP contribution in [0.4, 0.5) is 0 Å². The fourth-order valence-electron chi connectivity index (χ4n) is 3.35. The maximum atomic E-state index is 12.4. The molecule has 2 aromatic rings. The number of nitrogens with zero attached hydrogens (tertiary/aromatic N) is 2. The fraction of sp³-hybridized carbons (Fsp3) is 0.474. The standard InChI is InChI=1S/C19H25N3O3/c1-13-17(14(2)25-21-13)12-22-9-8-16(11-22)20-19(23)10-15-6-4-5-7-18(15)24-3/h4-7,16H,8-12H2,1-3H3,(H,20,23). The first kappa shape index (κ1) is 17.5. The van der Waals surface area contributed by atoms with Gasteiger partial charge in [0.25, 0.3) is 0 Å². The molecule has 1 N–H and O–H groups in total. The minimum atomic E-state index is 0.0358. The summed E-state index contributed by atoms with van der Waals surface area (Å²) in [5.41, 5.74) is 3.01. The summed E-state index contributed by atoms with van der Waals surface area (Å²) in [5.74, 6) is 1.67. The number of amides is 1. The van der Waals surface area contributed by atoms with Crippen LogP contribution in [-0.4, -0.2) is 42.2 Å². The summed E-state index contributed by atoms with van der Waals surface area (Å²) in [5, 5.41) is 7.15. The van der Waals surface area contributed by atoms with Crippen molar-refractivity contribution in [1.29, 1.82) is 0 Å². The summed E-state index contributed by atoms with van der Waals surface area (Å²) in [6, 6.07) is 7.82. The maximum Gasteiger partial charge on any atom is 0.224 e. The summed E-state index contributed by atoms with van der Waals surface area (Å²) >= 11 is 0. The smallest absolute Gasteiger partial charge is 0.224 e. The van der Waals surface area contributed by atoms with Crippen LogP contribution in [0.25, 0.3) is 0 Å². The highest BCUT2D eigenvalue weighted by molar-refractivity contribution is 5.79.